The van der Waals surface area contributed by atoms with Crippen molar-refractivity contribution in [1.29, 1.82) is 0 Å². The van der Waals surface area contributed by atoms with Crippen LogP contribution in [0.4, 0.5) is 0 Å². The Bertz CT molecular complexity index is 212. The van der Waals surface area contributed by atoms with Gasteiger partial charge in [0.05, 0.1) is 12.7 Å². The second kappa shape index (κ2) is 4.94. The van der Waals surface area contributed by atoms with Crippen molar-refractivity contribution in [3.63, 3.8) is 0 Å². The van der Waals surface area contributed by atoms with Gasteiger partial charge in [0, 0.05) is 6.54 Å². The van der Waals surface area contributed by atoms with Crippen LogP contribution in [-0.2, 0) is 4.74 Å². The maximum absolute atomic E-state index is 5.95. The Morgan fingerprint density at radius 3 is 3.21 bits per heavy atom. The summed E-state index contributed by atoms with van der Waals surface area (Å²) in [5.41, 5.74) is 1.52. The molecular weight excluding hydrogens is 174 g/mol. The van der Waals surface area contributed by atoms with Crippen LogP contribution in [0.1, 0.15) is 32.6 Å². The minimum absolute atomic E-state index is 0.435. The molecule has 80 valence electrons. The van der Waals surface area contributed by atoms with E-state index < -0.39 is 0 Å². The van der Waals surface area contributed by atoms with E-state index in [1.165, 1.54) is 31.3 Å². The highest BCUT2D eigenvalue weighted by Crippen LogP contribution is 2.20. The summed E-state index contributed by atoms with van der Waals surface area (Å²) in [5.74, 6) is 0.721. The lowest BCUT2D eigenvalue weighted by Crippen LogP contribution is -2.41. The normalized spacial score (nSPS) is 33.1. The minimum Gasteiger partial charge on any atom is -0.372 e. The third-order valence-electron chi connectivity index (χ3n) is 3.37. The molecule has 0 radical (unpaired) electrons. The van der Waals surface area contributed by atoms with Crippen LogP contribution in [0.3, 0.4) is 0 Å². The SMILES string of the molecule is CC1CCNCC1OCC1=CCCC1. The number of rotatable bonds is 3. The maximum Gasteiger partial charge on any atom is 0.0729 e. The Balaban J connectivity index is 1.73. The van der Waals surface area contributed by atoms with Crippen molar-refractivity contribution >= 4 is 0 Å². The molecule has 1 heterocycles. The van der Waals surface area contributed by atoms with E-state index in [4.69, 9.17) is 4.74 Å². The number of nitrogens with one attached hydrogen (secondary N) is 1. The predicted octanol–water partition coefficient (Wildman–Crippen LogP) is 2.11. The first-order chi connectivity index (χ1) is 6.86. The molecule has 2 atom stereocenters. The Morgan fingerprint density at radius 1 is 1.57 bits per heavy atom. The molecule has 0 aromatic rings. The summed E-state index contributed by atoms with van der Waals surface area (Å²) < 4.78 is 5.95. The van der Waals surface area contributed by atoms with Crippen LogP contribution in [0.5, 0.6) is 0 Å². The van der Waals surface area contributed by atoms with E-state index in [0.717, 1.165) is 25.6 Å². The quantitative estimate of drug-likeness (QED) is 0.696. The summed E-state index contributed by atoms with van der Waals surface area (Å²) in [4.78, 5) is 0. The fourth-order valence-corrected chi connectivity index (χ4v) is 2.27. The van der Waals surface area contributed by atoms with Crippen LogP contribution in [-0.4, -0.2) is 25.8 Å². The van der Waals surface area contributed by atoms with Gasteiger partial charge in [-0.05, 0) is 43.7 Å². The van der Waals surface area contributed by atoms with E-state index in [0.29, 0.717) is 6.10 Å². The molecule has 0 spiro atoms. The van der Waals surface area contributed by atoms with Crippen molar-refractivity contribution in [2.75, 3.05) is 19.7 Å². The standard InChI is InChI=1S/C12H21NO/c1-10-6-7-13-8-12(10)14-9-11-4-2-3-5-11/h4,10,12-13H,2-3,5-9H2,1H3. The fourth-order valence-electron chi connectivity index (χ4n) is 2.27. The zero-order valence-corrected chi connectivity index (χ0v) is 9.09. The van der Waals surface area contributed by atoms with E-state index >= 15 is 0 Å². The van der Waals surface area contributed by atoms with Crippen molar-refractivity contribution in [3.8, 4) is 0 Å². The molecule has 0 saturated carbocycles. The highest BCUT2D eigenvalue weighted by Gasteiger charge is 2.21. The average Bonchev–Trinajstić information content (AvgIpc) is 2.69. The van der Waals surface area contributed by atoms with Gasteiger partial charge < -0.3 is 10.1 Å². The lowest BCUT2D eigenvalue weighted by Gasteiger charge is -2.29. The first-order valence-electron chi connectivity index (χ1n) is 5.86. The summed E-state index contributed by atoms with van der Waals surface area (Å²) >= 11 is 0. The van der Waals surface area contributed by atoms with Gasteiger partial charge in [0.1, 0.15) is 0 Å². The predicted molar refractivity (Wildman–Crippen MR) is 58.3 cm³/mol. The van der Waals surface area contributed by atoms with Crippen LogP contribution in [0.15, 0.2) is 11.6 Å². The molecule has 2 rings (SSSR count). The van der Waals surface area contributed by atoms with Gasteiger partial charge in [0.15, 0.2) is 0 Å². The molecule has 1 fully saturated rings. The molecule has 1 N–H and O–H groups in total. The second-order valence-electron chi connectivity index (χ2n) is 4.57. The van der Waals surface area contributed by atoms with Gasteiger partial charge in [-0.25, -0.2) is 0 Å². The molecule has 0 aromatic heterocycles. The monoisotopic (exact) mass is 195 g/mol. The smallest absolute Gasteiger partial charge is 0.0729 e. The van der Waals surface area contributed by atoms with Gasteiger partial charge in [-0.15, -0.1) is 0 Å². The fraction of sp³-hybridized carbons (Fsp3) is 0.833. The summed E-state index contributed by atoms with van der Waals surface area (Å²) in [6.45, 7) is 5.36. The zero-order valence-electron chi connectivity index (χ0n) is 9.09. The third kappa shape index (κ3) is 2.58. The Hall–Kier alpha value is -0.340. The first-order valence-corrected chi connectivity index (χ1v) is 5.86. The maximum atomic E-state index is 5.95. The van der Waals surface area contributed by atoms with Gasteiger partial charge in [0.25, 0.3) is 0 Å². The molecular formula is C12H21NO. The van der Waals surface area contributed by atoms with Crippen molar-refractivity contribution in [3.05, 3.63) is 11.6 Å². The van der Waals surface area contributed by atoms with Crippen LogP contribution in [0.25, 0.3) is 0 Å². The lowest BCUT2D eigenvalue weighted by atomic mass is 9.97. The molecule has 0 bridgehead atoms. The van der Waals surface area contributed by atoms with E-state index in [1.54, 1.807) is 0 Å². The zero-order chi connectivity index (χ0) is 9.80. The Morgan fingerprint density at radius 2 is 2.50 bits per heavy atom. The van der Waals surface area contributed by atoms with E-state index in [2.05, 4.69) is 18.3 Å². The number of piperidine rings is 1. The lowest BCUT2D eigenvalue weighted by molar-refractivity contribution is 0.0160. The molecule has 2 aliphatic rings. The van der Waals surface area contributed by atoms with Crippen molar-refractivity contribution in [2.45, 2.75) is 38.7 Å². The highest BCUT2D eigenvalue weighted by molar-refractivity contribution is 5.07. The molecule has 0 amide bonds. The van der Waals surface area contributed by atoms with Crippen LogP contribution >= 0.6 is 0 Å². The minimum atomic E-state index is 0.435. The summed E-state index contributed by atoms with van der Waals surface area (Å²) in [5, 5.41) is 3.40. The summed E-state index contributed by atoms with van der Waals surface area (Å²) in [6.07, 6.45) is 7.89. The average molecular weight is 195 g/mol. The van der Waals surface area contributed by atoms with Crippen LogP contribution in [0, 0.1) is 5.92 Å². The topological polar surface area (TPSA) is 21.3 Å². The van der Waals surface area contributed by atoms with Gasteiger partial charge in [0.2, 0.25) is 0 Å². The van der Waals surface area contributed by atoms with Crippen molar-refractivity contribution < 1.29 is 4.74 Å². The number of ether oxygens (including phenoxy) is 1. The third-order valence-corrected chi connectivity index (χ3v) is 3.37. The number of hydrogen-bond donors (Lipinski definition) is 1. The summed E-state index contributed by atoms with van der Waals surface area (Å²) in [6, 6.07) is 0. The van der Waals surface area contributed by atoms with Crippen LogP contribution < -0.4 is 5.32 Å². The molecule has 1 saturated heterocycles. The van der Waals surface area contributed by atoms with Gasteiger partial charge in [-0.1, -0.05) is 13.0 Å². The molecule has 1 aliphatic carbocycles. The molecule has 2 heteroatoms. The molecule has 0 aromatic carbocycles. The molecule has 14 heavy (non-hydrogen) atoms. The van der Waals surface area contributed by atoms with E-state index in [-0.39, 0.29) is 0 Å². The van der Waals surface area contributed by atoms with Crippen molar-refractivity contribution in [1.82, 2.24) is 5.32 Å². The van der Waals surface area contributed by atoms with Crippen molar-refractivity contribution in [2.24, 2.45) is 5.92 Å². The molecule has 2 unspecified atom stereocenters. The van der Waals surface area contributed by atoms with Crippen LogP contribution in [0.2, 0.25) is 0 Å². The first kappa shape index (κ1) is 10.2. The van der Waals surface area contributed by atoms with Gasteiger partial charge in [-0.2, -0.15) is 0 Å². The second-order valence-corrected chi connectivity index (χ2v) is 4.57. The summed E-state index contributed by atoms with van der Waals surface area (Å²) in [7, 11) is 0. The van der Waals surface area contributed by atoms with E-state index in [9.17, 15) is 0 Å². The highest BCUT2D eigenvalue weighted by atomic mass is 16.5. The molecule has 1 aliphatic heterocycles. The largest absolute Gasteiger partial charge is 0.372 e. The van der Waals surface area contributed by atoms with Gasteiger partial charge >= 0.3 is 0 Å². The van der Waals surface area contributed by atoms with E-state index in [1.807, 2.05) is 0 Å². The Labute approximate surface area is 86.7 Å². The Kier molecular flexibility index (Phi) is 3.60. The molecule has 2 nitrogen and oxygen atoms in total. The number of hydrogen-bond acceptors (Lipinski definition) is 2. The number of allylic oxidation sites excluding steroid dienone is 1. The van der Waals surface area contributed by atoms with Gasteiger partial charge in [-0.3, -0.25) is 0 Å².